The fourth-order valence-corrected chi connectivity index (χ4v) is 2.83. The molecule has 0 amide bonds. The van der Waals surface area contributed by atoms with Crippen LogP contribution in [0.4, 0.5) is 5.69 Å². The molecule has 0 fully saturated rings. The molecule has 2 N–H and O–H groups in total. The zero-order chi connectivity index (χ0) is 13.2. The molecule has 2 aromatic rings. The van der Waals surface area contributed by atoms with Crippen LogP contribution in [0, 0.1) is 0 Å². The van der Waals surface area contributed by atoms with Gasteiger partial charge in [0.05, 0.1) is 23.5 Å². The number of anilines is 1. The van der Waals surface area contributed by atoms with Gasteiger partial charge in [-0.25, -0.2) is 8.42 Å². The van der Waals surface area contributed by atoms with E-state index in [1.54, 1.807) is 18.2 Å². The second-order valence-electron chi connectivity index (χ2n) is 3.39. The zero-order valence-electron chi connectivity index (χ0n) is 9.34. The molecular formula is C10H10BrN3O3S. The largest absolute Gasteiger partial charge is 0.496 e. The summed E-state index contributed by atoms with van der Waals surface area (Å²) in [5.41, 5.74) is 0.434. The van der Waals surface area contributed by atoms with E-state index in [2.05, 4.69) is 30.8 Å². The Labute approximate surface area is 113 Å². The Hall–Kier alpha value is -1.54. The highest BCUT2D eigenvalue weighted by atomic mass is 79.9. The molecule has 0 aliphatic carbocycles. The summed E-state index contributed by atoms with van der Waals surface area (Å²) < 4.78 is 32.0. The van der Waals surface area contributed by atoms with E-state index in [0.717, 1.165) is 0 Å². The number of hydrogen-bond donors (Lipinski definition) is 2. The average Bonchev–Trinajstić information content (AvgIpc) is 2.82. The quantitative estimate of drug-likeness (QED) is 0.897. The maximum atomic E-state index is 11.9. The van der Waals surface area contributed by atoms with Gasteiger partial charge in [-0.1, -0.05) is 0 Å². The maximum absolute atomic E-state index is 11.9. The monoisotopic (exact) mass is 331 g/mol. The SMILES string of the molecule is COc1ccc(NS(=O)(=O)c2cn[nH]c2)cc1Br. The molecule has 0 saturated carbocycles. The van der Waals surface area contributed by atoms with Crippen LogP contribution < -0.4 is 9.46 Å². The number of aromatic amines is 1. The highest BCUT2D eigenvalue weighted by Crippen LogP contribution is 2.28. The molecule has 0 aliphatic heterocycles. The summed E-state index contributed by atoms with van der Waals surface area (Å²) in [5, 5.41) is 6.05. The summed E-state index contributed by atoms with van der Waals surface area (Å²) in [6.07, 6.45) is 2.54. The number of aromatic nitrogens is 2. The van der Waals surface area contributed by atoms with Crippen molar-refractivity contribution in [3.63, 3.8) is 0 Å². The van der Waals surface area contributed by atoms with Crippen LogP contribution in [0.2, 0.25) is 0 Å². The Morgan fingerprint density at radius 1 is 1.44 bits per heavy atom. The van der Waals surface area contributed by atoms with Gasteiger partial charge in [-0.2, -0.15) is 5.10 Å². The van der Waals surface area contributed by atoms with E-state index < -0.39 is 10.0 Å². The Morgan fingerprint density at radius 3 is 2.78 bits per heavy atom. The molecule has 0 aliphatic rings. The summed E-state index contributed by atoms with van der Waals surface area (Å²) >= 11 is 3.29. The fraction of sp³-hybridized carbons (Fsp3) is 0.100. The van der Waals surface area contributed by atoms with E-state index in [9.17, 15) is 8.42 Å². The van der Waals surface area contributed by atoms with Gasteiger partial charge in [-0.15, -0.1) is 0 Å². The van der Waals surface area contributed by atoms with Gasteiger partial charge >= 0.3 is 0 Å². The molecule has 6 nitrogen and oxygen atoms in total. The van der Waals surface area contributed by atoms with E-state index in [1.165, 1.54) is 19.5 Å². The number of sulfonamides is 1. The summed E-state index contributed by atoms with van der Waals surface area (Å²) in [5.74, 6) is 0.626. The number of methoxy groups -OCH3 is 1. The minimum Gasteiger partial charge on any atom is -0.496 e. The molecule has 0 spiro atoms. The topological polar surface area (TPSA) is 84.1 Å². The Morgan fingerprint density at radius 2 is 2.22 bits per heavy atom. The van der Waals surface area contributed by atoms with Crippen LogP contribution in [-0.4, -0.2) is 25.7 Å². The molecule has 1 aromatic carbocycles. The number of hydrogen-bond acceptors (Lipinski definition) is 4. The molecule has 1 heterocycles. The van der Waals surface area contributed by atoms with Crippen molar-refractivity contribution < 1.29 is 13.2 Å². The fourth-order valence-electron chi connectivity index (χ4n) is 1.33. The minimum atomic E-state index is -3.61. The van der Waals surface area contributed by atoms with Crippen LogP contribution in [0.5, 0.6) is 5.75 Å². The first-order chi connectivity index (χ1) is 8.53. The first kappa shape index (κ1) is 12.9. The third-order valence-corrected chi connectivity index (χ3v) is 4.16. The van der Waals surface area contributed by atoms with Gasteiger partial charge in [-0.3, -0.25) is 9.82 Å². The second kappa shape index (κ2) is 4.99. The van der Waals surface area contributed by atoms with Gasteiger partial charge in [0.25, 0.3) is 10.0 Å². The van der Waals surface area contributed by atoms with Gasteiger partial charge in [0.2, 0.25) is 0 Å². The van der Waals surface area contributed by atoms with Gasteiger partial charge in [0.1, 0.15) is 10.6 Å². The highest BCUT2D eigenvalue weighted by Gasteiger charge is 2.15. The van der Waals surface area contributed by atoms with Crippen molar-refractivity contribution in [2.45, 2.75) is 4.90 Å². The van der Waals surface area contributed by atoms with E-state index >= 15 is 0 Å². The van der Waals surface area contributed by atoms with Crippen LogP contribution in [-0.2, 0) is 10.0 Å². The van der Waals surface area contributed by atoms with E-state index in [1.807, 2.05) is 0 Å². The van der Waals surface area contributed by atoms with Crippen molar-refractivity contribution in [1.29, 1.82) is 0 Å². The standard InChI is InChI=1S/C10H10BrN3O3S/c1-17-10-3-2-7(4-9(10)11)14-18(15,16)8-5-12-13-6-8/h2-6,14H,1H3,(H,12,13). The van der Waals surface area contributed by atoms with Gasteiger partial charge in [0.15, 0.2) is 0 Å². The predicted molar refractivity (Wildman–Crippen MR) is 70.1 cm³/mol. The minimum absolute atomic E-state index is 0.0782. The first-order valence-electron chi connectivity index (χ1n) is 4.88. The molecule has 96 valence electrons. The molecule has 0 bridgehead atoms. The van der Waals surface area contributed by atoms with E-state index in [-0.39, 0.29) is 4.90 Å². The molecule has 0 saturated heterocycles. The van der Waals surface area contributed by atoms with E-state index in [4.69, 9.17) is 4.74 Å². The predicted octanol–water partition coefficient (Wildman–Crippen LogP) is 1.98. The second-order valence-corrected chi connectivity index (χ2v) is 5.93. The van der Waals surface area contributed by atoms with Crippen molar-refractivity contribution in [3.05, 3.63) is 35.1 Å². The lowest BCUT2D eigenvalue weighted by Crippen LogP contribution is -2.12. The number of nitrogens with zero attached hydrogens (tertiary/aromatic N) is 1. The number of ether oxygens (including phenoxy) is 1. The first-order valence-corrected chi connectivity index (χ1v) is 7.15. The molecule has 1 aromatic heterocycles. The lowest BCUT2D eigenvalue weighted by Gasteiger charge is -2.08. The molecule has 18 heavy (non-hydrogen) atoms. The van der Waals surface area contributed by atoms with Crippen LogP contribution in [0.25, 0.3) is 0 Å². The lowest BCUT2D eigenvalue weighted by atomic mass is 10.3. The van der Waals surface area contributed by atoms with Gasteiger partial charge in [0, 0.05) is 6.20 Å². The highest BCUT2D eigenvalue weighted by molar-refractivity contribution is 9.10. The van der Waals surface area contributed by atoms with Crippen molar-refractivity contribution in [3.8, 4) is 5.75 Å². The van der Waals surface area contributed by atoms with E-state index in [0.29, 0.717) is 15.9 Å². The molecule has 2 rings (SSSR count). The summed E-state index contributed by atoms with van der Waals surface area (Å²) in [4.78, 5) is 0.0782. The zero-order valence-corrected chi connectivity index (χ0v) is 11.7. The van der Waals surface area contributed by atoms with Crippen molar-refractivity contribution in [2.75, 3.05) is 11.8 Å². The Balaban J connectivity index is 2.27. The smallest absolute Gasteiger partial charge is 0.265 e. The van der Waals surface area contributed by atoms with Gasteiger partial charge < -0.3 is 4.74 Å². The summed E-state index contributed by atoms with van der Waals surface area (Å²) in [6, 6.07) is 4.90. The number of rotatable bonds is 4. The lowest BCUT2D eigenvalue weighted by molar-refractivity contribution is 0.412. The van der Waals surface area contributed by atoms with Crippen LogP contribution in [0.3, 0.4) is 0 Å². The average molecular weight is 332 g/mol. The normalized spacial score (nSPS) is 11.2. The van der Waals surface area contributed by atoms with Crippen LogP contribution in [0.15, 0.2) is 40.0 Å². The summed E-state index contributed by atoms with van der Waals surface area (Å²) in [7, 11) is -2.07. The van der Waals surface area contributed by atoms with Crippen molar-refractivity contribution in [1.82, 2.24) is 10.2 Å². The molecule has 0 atom stereocenters. The molecule has 8 heteroatoms. The third-order valence-electron chi connectivity index (χ3n) is 2.19. The third kappa shape index (κ3) is 2.65. The number of H-pyrrole nitrogens is 1. The Kier molecular flexibility index (Phi) is 3.58. The number of benzene rings is 1. The molecule has 0 unspecified atom stereocenters. The Bertz CT molecular complexity index is 640. The molecular weight excluding hydrogens is 322 g/mol. The maximum Gasteiger partial charge on any atom is 0.265 e. The van der Waals surface area contributed by atoms with Crippen LogP contribution >= 0.6 is 15.9 Å². The van der Waals surface area contributed by atoms with Gasteiger partial charge in [-0.05, 0) is 34.1 Å². The summed E-state index contributed by atoms with van der Waals surface area (Å²) in [6.45, 7) is 0. The van der Waals surface area contributed by atoms with Crippen molar-refractivity contribution in [2.24, 2.45) is 0 Å². The number of nitrogens with one attached hydrogen (secondary N) is 2. The molecule has 0 radical (unpaired) electrons. The number of halogens is 1. The van der Waals surface area contributed by atoms with Crippen LogP contribution in [0.1, 0.15) is 0 Å². The van der Waals surface area contributed by atoms with Crippen molar-refractivity contribution >= 4 is 31.6 Å².